The van der Waals surface area contributed by atoms with Crippen LogP contribution in [0.1, 0.15) is 23.6 Å². The van der Waals surface area contributed by atoms with Crippen molar-refractivity contribution in [1.82, 2.24) is 5.32 Å². The Morgan fingerprint density at radius 3 is 2.10 bits per heavy atom. The summed E-state index contributed by atoms with van der Waals surface area (Å²) in [6.45, 7) is 0. The number of hydrogen-bond donors (Lipinski definition) is 2. The van der Waals surface area contributed by atoms with Crippen LogP contribution in [-0.2, 0) is 16.0 Å². The van der Waals surface area contributed by atoms with Crippen molar-refractivity contribution in [3.63, 3.8) is 0 Å². The zero-order chi connectivity index (χ0) is 15.1. The summed E-state index contributed by atoms with van der Waals surface area (Å²) >= 11 is 0. The van der Waals surface area contributed by atoms with Crippen molar-refractivity contribution in [2.24, 2.45) is 0 Å². The molecule has 0 bridgehead atoms. The number of nitrogens with one attached hydrogen (secondary N) is 1. The summed E-state index contributed by atoms with van der Waals surface area (Å²) in [7, 11) is 0. The lowest BCUT2D eigenvalue weighted by atomic mass is 10.1. The smallest absolute Gasteiger partial charge is 0.330 e. The van der Waals surface area contributed by atoms with Crippen LogP contribution in [0, 0.1) is 0 Å². The molecule has 108 valence electrons. The van der Waals surface area contributed by atoms with Gasteiger partial charge in [0.1, 0.15) is 0 Å². The molecule has 4 heteroatoms. The summed E-state index contributed by atoms with van der Waals surface area (Å²) in [6.07, 6.45) is 0.856. The molecule has 0 aliphatic rings. The summed E-state index contributed by atoms with van der Waals surface area (Å²) in [5, 5.41) is 11.8. The van der Waals surface area contributed by atoms with Gasteiger partial charge in [-0.1, -0.05) is 60.7 Å². The van der Waals surface area contributed by atoms with E-state index in [2.05, 4.69) is 5.32 Å². The van der Waals surface area contributed by atoms with Gasteiger partial charge in [-0.05, 0) is 17.5 Å². The number of amides is 1. The molecule has 0 aliphatic carbocycles. The Morgan fingerprint density at radius 1 is 0.952 bits per heavy atom. The topological polar surface area (TPSA) is 66.4 Å². The lowest BCUT2D eigenvalue weighted by Crippen LogP contribution is -2.33. The Bertz CT molecular complexity index is 596. The van der Waals surface area contributed by atoms with Crippen LogP contribution in [-0.4, -0.2) is 17.0 Å². The molecule has 2 rings (SSSR count). The highest BCUT2D eigenvalue weighted by molar-refractivity contribution is 5.84. The van der Waals surface area contributed by atoms with Gasteiger partial charge < -0.3 is 10.4 Å². The second-order valence-corrected chi connectivity index (χ2v) is 4.74. The Labute approximate surface area is 123 Å². The van der Waals surface area contributed by atoms with E-state index in [1.165, 1.54) is 0 Å². The van der Waals surface area contributed by atoms with Gasteiger partial charge >= 0.3 is 5.97 Å². The molecule has 0 fully saturated rings. The molecular weight excluding hydrogens is 266 g/mol. The molecule has 0 saturated carbocycles. The maximum Gasteiger partial charge on any atom is 0.330 e. The first-order valence-electron chi connectivity index (χ1n) is 6.78. The molecule has 0 aliphatic heterocycles. The number of carbonyl (C=O) groups is 2. The van der Waals surface area contributed by atoms with Gasteiger partial charge in [0, 0.05) is 6.42 Å². The lowest BCUT2D eigenvalue weighted by Gasteiger charge is -2.14. The van der Waals surface area contributed by atoms with Gasteiger partial charge in [-0.25, -0.2) is 4.79 Å². The fourth-order valence-corrected chi connectivity index (χ4v) is 2.07. The predicted octanol–water partition coefficient (Wildman–Crippen LogP) is 2.56. The van der Waals surface area contributed by atoms with Crippen LogP contribution in [0.4, 0.5) is 0 Å². The van der Waals surface area contributed by atoms with Gasteiger partial charge in [-0.3, -0.25) is 4.79 Å². The molecule has 2 N–H and O–H groups in total. The Balaban J connectivity index is 1.95. The van der Waals surface area contributed by atoms with Gasteiger partial charge in [0.15, 0.2) is 6.04 Å². The molecule has 0 heterocycles. The predicted molar refractivity (Wildman–Crippen MR) is 79.7 cm³/mol. The largest absolute Gasteiger partial charge is 0.479 e. The highest BCUT2D eigenvalue weighted by Gasteiger charge is 2.21. The first kappa shape index (κ1) is 14.8. The third-order valence-electron chi connectivity index (χ3n) is 3.17. The number of carboxylic acids is 1. The first-order valence-corrected chi connectivity index (χ1v) is 6.78. The zero-order valence-electron chi connectivity index (χ0n) is 11.5. The van der Waals surface area contributed by atoms with E-state index in [1.54, 1.807) is 30.3 Å². The maximum absolute atomic E-state index is 11.9. The second-order valence-electron chi connectivity index (χ2n) is 4.74. The van der Waals surface area contributed by atoms with Crippen molar-refractivity contribution < 1.29 is 14.7 Å². The number of aliphatic carboxylic acids is 1. The van der Waals surface area contributed by atoms with Gasteiger partial charge in [-0.15, -0.1) is 0 Å². The summed E-state index contributed by atoms with van der Waals surface area (Å²) in [4.78, 5) is 23.2. The highest BCUT2D eigenvalue weighted by atomic mass is 16.4. The normalized spacial score (nSPS) is 11.6. The third-order valence-corrected chi connectivity index (χ3v) is 3.17. The lowest BCUT2D eigenvalue weighted by molar-refractivity contribution is -0.142. The Morgan fingerprint density at radius 2 is 1.52 bits per heavy atom. The van der Waals surface area contributed by atoms with E-state index in [9.17, 15) is 14.7 Å². The Kier molecular flexibility index (Phi) is 5.10. The van der Waals surface area contributed by atoms with Crippen LogP contribution in [0.3, 0.4) is 0 Å². The van der Waals surface area contributed by atoms with Crippen molar-refractivity contribution in [3.05, 3.63) is 71.8 Å². The van der Waals surface area contributed by atoms with Crippen LogP contribution in [0.25, 0.3) is 0 Å². The molecule has 0 saturated heterocycles. The van der Waals surface area contributed by atoms with E-state index in [4.69, 9.17) is 0 Å². The molecule has 0 aromatic heterocycles. The molecule has 1 unspecified atom stereocenters. The average molecular weight is 283 g/mol. The van der Waals surface area contributed by atoms with E-state index >= 15 is 0 Å². The number of carboxylic acid groups (broad SMARTS) is 1. The average Bonchev–Trinajstić information content (AvgIpc) is 2.52. The molecule has 4 nitrogen and oxygen atoms in total. The summed E-state index contributed by atoms with van der Waals surface area (Å²) in [6, 6.07) is 17.3. The van der Waals surface area contributed by atoms with Gasteiger partial charge in [0.05, 0.1) is 0 Å². The van der Waals surface area contributed by atoms with E-state index in [1.807, 2.05) is 30.3 Å². The van der Waals surface area contributed by atoms with E-state index in [0.29, 0.717) is 12.0 Å². The zero-order valence-corrected chi connectivity index (χ0v) is 11.5. The third kappa shape index (κ3) is 4.45. The molecule has 0 radical (unpaired) electrons. The van der Waals surface area contributed by atoms with Crippen LogP contribution in [0.15, 0.2) is 60.7 Å². The fraction of sp³-hybridized carbons (Fsp3) is 0.176. The van der Waals surface area contributed by atoms with Crippen molar-refractivity contribution in [2.75, 3.05) is 0 Å². The summed E-state index contributed by atoms with van der Waals surface area (Å²) in [5.74, 6) is -1.33. The van der Waals surface area contributed by atoms with E-state index in [-0.39, 0.29) is 12.3 Å². The van der Waals surface area contributed by atoms with Gasteiger partial charge in [0.25, 0.3) is 0 Å². The number of aryl methyl sites for hydroxylation is 1. The SMILES string of the molecule is O=C(CCc1ccccc1)NC(C(=O)O)c1ccccc1. The molecule has 1 amide bonds. The minimum absolute atomic E-state index is 0.265. The fourth-order valence-electron chi connectivity index (χ4n) is 2.07. The van der Waals surface area contributed by atoms with Crippen LogP contribution in [0.2, 0.25) is 0 Å². The minimum atomic E-state index is -1.06. The van der Waals surface area contributed by atoms with Crippen LogP contribution >= 0.6 is 0 Å². The standard InChI is InChI=1S/C17H17NO3/c19-15(12-11-13-7-3-1-4-8-13)18-16(17(20)21)14-9-5-2-6-10-14/h1-10,16H,11-12H2,(H,18,19)(H,20,21). The number of hydrogen-bond acceptors (Lipinski definition) is 2. The molecular formula is C17H17NO3. The van der Waals surface area contributed by atoms with Crippen LogP contribution in [0.5, 0.6) is 0 Å². The molecule has 1 atom stereocenters. The van der Waals surface area contributed by atoms with Crippen molar-refractivity contribution in [2.45, 2.75) is 18.9 Å². The maximum atomic E-state index is 11.9. The Hall–Kier alpha value is -2.62. The van der Waals surface area contributed by atoms with Crippen molar-refractivity contribution >= 4 is 11.9 Å². The number of benzene rings is 2. The quantitative estimate of drug-likeness (QED) is 0.856. The molecule has 21 heavy (non-hydrogen) atoms. The van der Waals surface area contributed by atoms with Crippen LogP contribution < -0.4 is 5.32 Å². The van der Waals surface area contributed by atoms with Crippen molar-refractivity contribution in [1.29, 1.82) is 0 Å². The minimum Gasteiger partial charge on any atom is -0.479 e. The van der Waals surface area contributed by atoms with Gasteiger partial charge in [-0.2, -0.15) is 0 Å². The highest BCUT2D eigenvalue weighted by Crippen LogP contribution is 2.13. The number of carbonyl (C=O) groups excluding carboxylic acids is 1. The van der Waals surface area contributed by atoms with Gasteiger partial charge in [0.2, 0.25) is 5.91 Å². The van der Waals surface area contributed by atoms with Crippen molar-refractivity contribution in [3.8, 4) is 0 Å². The number of rotatable bonds is 6. The summed E-state index contributed by atoms with van der Waals surface area (Å²) in [5.41, 5.74) is 1.62. The van der Waals surface area contributed by atoms with E-state index in [0.717, 1.165) is 5.56 Å². The second kappa shape index (κ2) is 7.24. The first-order chi connectivity index (χ1) is 10.2. The molecule has 2 aromatic rings. The monoisotopic (exact) mass is 283 g/mol. The van der Waals surface area contributed by atoms with E-state index < -0.39 is 12.0 Å². The summed E-state index contributed by atoms with van der Waals surface area (Å²) < 4.78 is 0. The molecule has 0 spiro atoms. The molecule has 2 aromatic carbocycles.